The maximum absolute atomic E-state index is 11.5. The molecule has 5 N–H and O–H groups in total. The summed E-state index contributed by atoms with van der Waals surface area (Å²) >= 11 is 0. The number of amides is 1. The summed E-state index contributed by atoms with van der Waals surface area (Å²) in [6.45, 7) is -0.500. The normalized spacial score (nSPS) is 19.5. The number of hydrogen-bond donors (Lipinski definition) is 4. The molecule has 1 saturated carbocycles. The number of carbonyl (C=O) groups is 1. The molecule has 0 aliphatic heterocycles. The summed E-state index contributed by atoms with van der Waals surface area (Å²) in [5.74, 6) is -0.187. The molecule has 0 spiro atoms. The molecule has 1 aliphatic carbocycles. The minimum absolute atomic E-state index is 0.187. The average molecular weight is 216 g/mol. The molecule has 1 fully saturated rings. The molecule has 0 aromatic heterocycles. The fraction of sp³-hybridized carbons (Fsp3) is 0.900. The molecule has 0 aromatic rings. The Bertz CT molecular complexity index is 211. The maximum atomic E-state index is 11.5. The molecule has 0 atom stereocenters. The van der Waals surface area contributed by atoms with Gasteiger partial charge >= 0.3 is 0 Å². The number of hydrogen-bond acceptors (Lipinski definition) is 4. The number of aliphatic hydroxyl groups is 2. The SMILES string of the molecule is NC1(CC(=O)NC(CO)CO)CCCC1. The first-order chi connectivity index (χ1) is 7.09. The zero-order chi connectivity index (χ0) is 11.3. The Morgan fingerprint density at radius 3 is 2.33 bits per heavy atom. The van der Waals surface area contributed by atoms with E-state index < -0.39 is 6.04 Å². The van der Waals surface area contributed by atoms with Gasteiger partial charge in [-0.1, -0.05) is 12.8 Å². The van der Waals surface area contributed by atoms with Crippen molar-refractivity contribution in [3.63, 3.8) is 0 Å². The van der Waals surface area contributed by atoms with Gasteiger partial charge in [0.15, 0.2) is 0 Å². The highest BCUT2D eigenvalue weighted by Gasteiger charge is 2.32. The zero-order valence-corrected chi connectivity index (χ0v) is 8.91. The quantitative estimate of drug-likeness (QED) is 0.480. The Labute approximate surface area is 89.7 Å². The van der Waals surface area contributed by atoms with Crippen LogP contribution in [-0.2, 0) is 4.79 Å². The van der Waals surface area contributed by atoms with Crippen molar-refractivity contribution in [2.75, 3.05) is 13.2 Å². The van der Waals surface area contributed by atoms with Gasteiger partial charge in [0.2, 0.25) is 5.91 Å². The molecule has 15 heavy (non-hydrogen) atoms. The average Bonchev–Trinajstić information content (AvgIpc) is 2.61. The van der Waals surface area contributed by atoms with E-state index >= 15 is 0 Å². The van der Waals surface area contributed by atoms with Crippen molar-refractivity contribution in [3.05, 3.63) is 0 Å². The van der Waals surface area contributed by atoms with Gasteiger partial charge in [0, 0.05) is 12.0 Å². The lowest BCUT2D eigenvalue weighted by Gasteiger charge is -2.24. The Morgan fingerprint density at radius 2 is 1.87 bits per heavy atom. The van der Waals surface area contributed by atoms with Crippen LogP contribution in [0.4, 0.5) is 0 Å². The van der Waals surface area contributed by atoms with Crippen LogP contribution in [0, 0.1) is 0 Å². The largest absolute Gasteiger partial charge is 0.394 e. The topological polar surface area (TPSA) is 95.6 Å². The van der Waals surface area contributed by atoms with Gasteiger partial charge in [-0.15, -0.1) is 0 Å². The molecule has 0 saturated heterocycles. The number of nitrogens with one attached hydrogen (secondary N) is 1. The van der Waals surface area contributed by atoms with E-state index in [1.807, 2.05) is 0 Å². The summed E-state index contributed by atoms with van der Waals surface area (Å²) in [5, 5.41) is 20.1. The molecule has 0 radical (unpaired) electrons. The molecule has 0 unspecified atom stereocenters. The van der Waals surface area contributed by atoms with E-state index in [4.69, 9.17) is 15.9 Å². The van der Waals surface area contributed by atoms with Crippen LogP contribution in [0.25, 0.3) is 0 Å². The highest BCUT2D eigenvalue weighted by molar-refractivity contribution is 5.77. The van der Waals surface area contributed by atoms with Gasteiger partial charge in [-0.05, 0) is 12.8 Å². The first kappa shape index (κ1) is 12.4. The number of aliphatic hydroxyl groups excluding tert-OH is 2. The smallest absolute Gasteiger partial charge is 0.222 e. The lowest BCUT2D eigenvalue weighted by Crippen LogP contribution is -2.46. The van der Waals surface area contributed by atoms with Gasteiger partial charge in [-0.2, -0.15) is 0 Å². The predicted octanol–water partition coefficient (Wildman–Crippen LogP) is -0.883. The van der Waals surface area contributed by atoms with E-state index in [0.29, 0.717) is 0 Å². The fourth-order valence-electron chi connectivity index (χ4n) is 2.00. The van der Waals surface area contributed by atoms with Crippen LogP contribution in [0.1, 0.15) is 32.1 Å². The van der Waals surface area contributed by atoms with Crippen molar-refractivity contribution in [1.29, 1.82) is 0 Å². The summed E-state index contributed by atoms with van der Waals surface area (Å²) in [5.41, 5.74) is 5.66. The minimum atomic E-state index is -0.567. The van der Waals surface area contributed by atoms with Crippen LogP contribution in [0.2, 0.25) is 0 Å². The van der Waals surface area contributed by atoms with Crippen molar-refractivity contribution in [2.45, 2.75) is 43.7 Å². The molecule has 0 aromatic carbocycles. The summed E-state index contributed by atoms with van der Waals surface area (Å²) in [4.78, 5) is 11.5. The number of rotatable bonds is 5. The van der Waals surface area contributed by atoms with E-state index in [1.165, 1.54) is 0 Å². The monoisotopic (exact) mass is 216 g/mol. The summed E-state index contributed by atoms with van der Waals surface area (Å²) in [7, 11) is 0. The van der Waals surface area contributed by atoms with Crippen LogP contribution in [0.5, 0.6) is 0 Å². The van der Waals surface area contributed by atoms with Crippen LogP contribution in [0.15, 0.2) is 0 Å². The Balaban J connectivity index is 2.34. The van der Waals surface area contributed by atoms with Gasteiger partial charge in [-0.25, -0.2) is 0 Å². The Kier molecular flexibility index (Phi) is 4.50. The van der Waals surface area contributed by atoms with E-state index in [1.54, 1.807) is 0 Å². The van der Waals surface area contributed by atoms with Gasteiger partial charge in [0.1, 0.15) is 0 Å². The third-order valence-electron chi connectivity index (χ3n) is 2.92. The maximum Gasteiger partial charge on any atom is 0.222 e. The third-order valence-corrected chi connectivity index (χ3v) is 2.92. The number of carbonyl (C=O) groups excluding carboxylic acids is 1. The molecule has 5 heteroatoms. The highest BCUT2D eigenvalue weighted by atomic mass is 16.3. The van der Waals surface area contributed by atoms with Gasteiger partial charge in [-0.3, -0.25) is 4.79 Å². The number of nitrogens with two attached hydrogens (primary N) is 1. The van der Waals surface area contributed by atoms with E-state index in [9.17, 15) is 4.79 Å². The Hall–Kier alpha value is -0.650. The molecule has 1 aliphatic rings. The second-order valence-corrected chi connectivity index (χ2v) is 4.38. The second-order valence-electron chi connectivity index (χ2n) is 4.38. The minimum Gasteiger partial charge on any atom is -0.394 e. The third kappa shape index (κ3) is 3.77. The molecular weight excluding hydrogens is 196 g/mol. The van der Waals surface area contributed by atoms with Crippen molar-refractivity contribution < 1.29 is 15.0 Å². The molecule has 0 heterocycles. The van der Waals surface area contributed by atoms with Crippen LogP contribution in [0.3, 0.4) is 0 Å². The van der Waals surface area contributed by atoms with Gasteiger partial charge in [0.25, 0.3) is 0 Å². The predicted molar refractivity (Wildman–Crippen MR) is 56.1 cm³/mol. The standard InChI is InChI=1S/C10H20N2O3/c11-10(3-1-2-4-10)5-9(15)12-8(6-13)7-14/h8,13-14H,1-7,11H2,(H,12,15). The lowest BCUT2D eigenvalue weighted by molar-refractivity contribution is -0.123. The fourth-order valence-corrected chi connectivity index (χ4v) is 2.00. The van der Waals surface area contributed by atoms with Crippen LogP contribution in [-0.4, -0.2) is 40.9 Å². The van der Waals surface area contributed by atoms with E-state index in [0.717, 1.165) is 25.7 Å². The van der Waals surface area contributed by atoms with Crippen molar-refractivity contribution in [1.82, 2.24) is 5.32 Å². The van der Waals surface area contributed by atoms with Crippen LogP contribution >= 0.6 is 0 Å². The van der Waals surface area contributed by atoms with Crippen molar-refractivity contribution >= 4 is 5.91 Å². The molecule has 1 rings (SSSR count). The lowest BCUT2D eigenvalue weighted by atomic mass is 9.94. The molecule has 0 bridgehead atoms. The molecule has 5 nitrogen and oxygen atoms in total. The van der Waals surface area contributed by atoms with E-state index in [2.05, 4.69) is 5.32 Å². The molecule has 88 valence electrons. The van der Waals surface area contributed by atoms with Gasteiger partial charge < -0.3 is 21.3 Å². The zero-order valence-electron chi connectivity index (χ0n) is 8.91. The molecule has 1 amide bonds. The van der Waals surface area contributed by atoms with Crippen molar-refractivity contribution in [2.24, 2.45) is 5.73 Å². The van der Waals surface area contributed by atoms with E-state index in [-0.39, 0.29) is 31.1 Å². The molecular formula is C10H20N2O3. The Morgan fingerprint density at radius 1 is 1.33 bits per heavy atom. The first-order valence-corrected chi connectivity index (χ1v) is 5.39. The van der Waals surface area contributed by atoms with Crippen LogP contribution < -0.4 is 11.1 Å². The first-order valence-electron chi connectivity index (χ1n) is 5.39. The summed E-state index contributed by atoms with van der Waals surface area (Å²) in [6.07, 6.45) is 4.19. The summed E-state index contributed by atoms with van der Waals surface area (Å²) < 4.78 is 0. The van der Waals surface area contributed by atoms with Crippen molar-refractivity contribution in [3.8, 4) is 0 Å². The van der Waals surface area contributed by atoms with Gasteiger partial charge in [0.05, 0.1) is 19.3 Å². The highest BCUT2D eigenvalue weighted by Crippen LogP contribution is 2.29. The second kappa shape index (κ2) is 5.44. The summed E-state index contributed by atoms with van der Waals surface area (Å²) in [6, 6.07) is -0.567.